The average molecular weight is 266 g/mol. The summed E-state index contributed by atoms with van der Waals surface area (Å²) in [6.07, 6.45) is 3.98. The summed E-state index contributed by atoms with van der Waals surface area (Å²) in [7, 11) is 0. The monoisotopic (exact) mass is 266 g/mol. The molecular weight excluding hydrogens is 244 g/mol. The van der Waals surface area contributed by atoms with Gasteiger partial charge in [0.05, 0.1) is 6.04 Å². The Morgan fingerprint density at radius 3 is 3.00 bits per heavy atom. The maximum atomic E-state index is 12.2. The van der Waals surface area contributed by atoms with Crippen LogP contribution in [0.25, 0.3) is 0 Å². The van der Waals surface area contributed by atoms with Gasteiger partial charge in [0.15, 0.2) is 0 Å². The minimum atomic E-state index is -0.461. The van der Waals surface area contributed by atoms with E-state index in [1.165, 1.54) is 0 Å². The summed E-state index contributed by atoms with van der Waals surface area (Å²) in [6, 6.07) is 0.0785. The Hall–Kier alpha value is -1.56. The van der Waals surface area contributed by atoms with Gasteiger partial charge >= 0.3 is 6.09 Å². The van der Waals surface area contributed by atoms with Gasteiger partial charge in [0.1, 0.15) is 11.4 Å². The standard InChI is InChI=1S/C13H22N4O2/c1-13(2,3)19-12(18)17-7-6-14-9-10(17)8-11-15-4-5-16-11/h4-5,10,14H,6-9H2,1-3H3,(H,15,16)/t10-/m0/s1. The van der Waals surface area contributed by atoms with Crippen LogP contribution in [-0.2, 0) is 11.2 Å². The van der Waals surface area contributed by atoms with E-state index in [0.717, 1.165) is 18.9 Å². The number of carbonyl (C=O) groups is 1. The van der Waals surface area contributed by atoms with Crippen molar-refractivity contribution in [3.05, 3.63) is 18.2 Å². The Kier molecular flexibility index (Phi) is 4.09. The highest BCUT2D eigenvalue weighted by molar-refractivity contribution is 5.68. The molecule has 0 spiro atoms. The van der Waals surface area contributed by atoms with E-state index in [-0.39, 0.29) is 12.1 Å². The molecule has 2 rings (SSSR count). The van der Waals surface area contributed by atoms with E-state index in [9.17, 15) is 4.79 Å². The summed E-state index contributed by atoms with van der Waals surface area (Å²) < 4.78 is 5.46. The lowest BCUT2D eigenvalue weighted by Gasteiger charge is -2.36. The predicted octanol–water partition coefficient (Wildman–Crippen LogP) is 1.16. The minimum Gasteiger partial charge on any atom is -0.444 e. The highest BCUT2D eigenvalue weighted by atomic mass is 16.6. The average Bonchev–Trinajstić information content (AvgIpc) is 2.80. The zero-order valence-electron chi connectivity index (χ0n) is 11.8. The van der Waals surface area contributed by atoms with Crippen LogP contribution in [0.2, 0.25) is 0 Å². The molecule has 0 unspecified atom stereocenters. The van der Waals surface area contributed by atoms with Crippen molar-refractivity contribution in [2.24, 2.45) is 0 Å². The van der Waals surface area contributed by atoms with Crippen LogP contribution < -0.4 is 5.32 Å². The van der Waals surface area contributed by atoms with E-state index >= 15 is 0 Å². The van der Waals surface area contributed by atoms with E-state index in [2.05, 4.69) is 15.3 Å². The summed E-state index contributed by atoms with van der Waals surface area (Å²) in [5.41, 5.74) is -0.461. The molecule has 1 aromatic rings. The highest BCUT2D eigenvalue weighted by Crippen LogP contribution is 2.15. The van der Waals surface area contributed by atoms with Crippen LogP contribution in [0.5, 0.6) is 0 Å². The van der Waals surface area contributed by atoms with Gasteiger partial charge in [-0.2, -0.15) is 0 Å². The SMILES string of the molecule is CC(C)(C)OC(=O)N1CCNC[C@@H]1Cc1ncc[nH]1. The zero-order valence-corrected chi connectivity index (χ0v) is 11.8. The van der Waals surface area contributed by atoms with Gasteiger partial charge in [0.2, 0.25) is 0 Å². The van der Waals surface area contributed by atoms with Gasteiger partial charge in [-0.1, -0.05) is 0 Å². The number of aromatic nitrogens is 2. The first-order chi connectivity index (χ1) is 8.96. The van der Waals surface area contributed by atoms with Crippen LogP contribution >= 0.6 is 0 Å². The molecule has 2 heterocycles. The molecule has 6 nitrogen and oxygen atoms in total. The van der Waals surface area contributed by atoms with Crippen LogP contribution in [-0.4, -0.2) is 52.2 Å². The number of nitrogens with one attached hydrogen (secondary N) is 2. The number of piperazine rings is 1. The Morgan fingerprint density at radius 1 is 1.58 bits per heavy atom. The van der Waals surface area contributed by atoms with Gasteiger partial charge in [-0.25, -0.2) is 9.78 Å². The van der Waals surface area contributed by atoms with Crippen molar-refractivity contribution in [3.63, 3.8) is 0 Å². The van der Waals surface area contributed by atoms with Crippen LogP contribution in [0, 0.1) is 0 Å². The molecule has 106 valence electrons. The first kappa shape index (κ1) is 13.9. The number of H-pyrrole nitrogens is 1. The normalized spacial score (nSPS) is 20.4. The van der Waals surface area contributed by atoms with Crippen LogP contribution in [0.4, 0.5) is 4.79 Å². The van der Waals surface area contributed by atoms with Gasteiger partial charge < -0.3 is 19.9 Å². The topological polar surface area (TPSA) is 70.2 Å². The number of hydrogen-bond donors (Lipinski definition) is 2. The lowest BCUT2D eigenvalue weighted by molar-refractivity contribution is 0.0120. The molecule has 1 saturated heterocycles. The number of amides is 1. The Morgan fingerprint density at radius 2 is 2.37 bits per heavy atom. The molecule has 1 fully saturated rings. The van der Waals surface area contributed by atoms with Crippen molar-refractivity contribution in [3.8, 4) is 0 Å². The number of hydrogen-bond acceptors (Lipinski definition) is 4. The molecule has 0 aliphatic carbocycles. The van der Waals surface area contributed by atoms with Crippen molar-refractivity contribution in [2.45, 2.75) is 38.8 Å². The number of aromatic amines is 1. The molecule has 0 saturated carbocycles. The maximum Gasteiger partial charge on any atom is 0.410 e. The van der Waals surface area contributed by atoms with Crippen molar-refractivity contribution in [1.29, 1.82) is 0 Å². The molecule has 19 heavy (non-hydrogen) atoms. The van der Waals surface area contributed by atoms with Gasteiger partial charge in [-0.05, 0) is 20.8 Å². The minimum absolute atomic E-state index is 0.0785. The van der Waals surface area contributed by atoms with Gasteiger partial charge in [0.25, 0.3) is 0 Å². The number of imidazole rings is 1. The summed E-state index contributed by atoms with van der Waals surface area (Å²) in [5, 5.41) is 3.30. The number of nitrogens with zero attached hydrogens (tertiary/aromatic N) is 2. The summed E-state index contributed by atoms with van der Waals surface area (Å²) in [6.45, 7) is 7.88. The lowest BCUT2D eigenvalue weighted by atomic mass is 10.1. The third-order valence-corrected chi connectivity index (χ3v) is 2.96. The summed E-state index contributed by atoms with van der Waals surface area (Å²) in [4.78, 5) is 21.3. The first-order valence-corrected chi connectivity index (χ1v) is 6.64. The van der Waals surface area contributed by atoms with E-state index in [0.29, 0.717) is 13.0 Å². The van der Waals surface area contributed by atoms with Crippen LogP contribution in [0.15, 0.2) is 12.4 Å². The van der Waals surface area contributed by atoms with Gasteiger partial charge in [-0.15, -0.1) is 0 Å². The van der Waals surface area contributed by atoms with Crippen molar-refractivity contribution < 1.29 is 9.53 Å². The van der Waals surface area contributed by atoms with Crippen molar-refractivity contribution in [2.75, 3.05) is 19.6 Å². The maximum absolute atomic E-state index is 12.2. The molecule has 0 radical (unpaired) electrons. The number of carbonyl (C=O) groups excluding carboxylic acids is 1. The fourth-order valence-electron chi connectivity index (χ4n) is 2.14. The smallest absolute Gasteiger partial charge is 0.410 e. The fraction of sp³-hybridized carbons (Fsp3) is 0.692. The molecule has 1 atom stereocenters. The van der Waals surface area contributed by atoms with Crippen molar-refractivity contribution in [1.82, 2.24) is 20.2 Å². The summed E-state index contributed by atoms with van der Waals surface area (Å²) in [5.74, 6) is 0.891. The zero-order chi connectivity index (χ0) is 13.9. The molecule has 6 heteroatoms. The Balaban J connectivity index is 2.01. The molecule has 1 aromatic heterocycles. The summed E-state index contributed by atoms with van der Waals surface area (Å²) >= 11 is 0. The molecule has 0 bridgehead atoms. The number of rotatable bonds is 2. The van der Waals surface area contributed by atoms with E-state index in [4.69, 9.17) is 4.74 Å². The van der Waals surface area contributed by atoms with Crippen molar-refractivity contribution >= 4 is 6.09 Å². The molecule has 0 aromatic carbocycles. The number of ether oxygens (including phenoxy) is 1. The quantitative estimate of drug-likeness (QED) is 0.842. The molecule has 1 aliphatic heterocycles. The predicted molar refractivity (Wildman–Crippen MR) is 71.9 cm³/mol. The molecule has 2 N–H and O–H groups in total. The Bertz CT molecular complexity index is 411. The fourth-order valence-corrected chi connectivity index (χ4v) is 2.14. The van der Waals surface area contributed by atoms with E-state index in [1.54, 1.807) is 17.3 Å². The van der Waals surface area contributed by atoms with Gasteiger partial charge in [-0.3, -0.25) is 0 Å². The Labute approximate surface area is 113 Å². The first-order valence-electron chi connectivity index (χ1n) is 6.64. The third kappa shape index (κ3) is 3.96. The second-order valence-electron chi connectivity index (χ2n) is 5.77. The van der Waals surface area contributed by atoms with E-state index < -0.39 is 5.60 Å². The van der Waals surface area contributed by atoms with Crippen LogP contribution in [0.1, 0.15) is 26.6 Å². The van der Waals surface area contributed by atoms with E-state index in [1.807, 2.05) is 20.8 Å². The largest absolute Gasteiger partial charge is 0.444 e. The second kappa shape index (κ2) is 5.61. The second-order valence-corrected chi connectivity index (χ2v) is 5.77. The van der Waals surface area contributed by atoms with Gasteiger partial charge in [0, 0.05) is 38.4 Å². The lowest BCUT2D eigenvalue weighted by Crippen LogP contribution is -2.55. The van der Waals surface area contributed by atoms with Crippen LogP contribution in [0.3, 0.4) is 0 Å². The highest BCUT2D eigenvalue weighted by Gasteiger charge is 2.30. The third-order valence-electron chi connectivity index (χ3n) is 2.96. The molecular formula is C13H22N4O2. The molecule has 1 aliphatic rings. The molecule has 1 amide bonds.